The van der Waals surface area contributed by atoms with Crippen molar-refractivity contribution in [1.29, 1.82) is 0 Å². The summed E-state index contributed by atoms with van der Waals surface area (Å²) in [6.07, 6.45) is 4.73. The smallest absolute Gasteiger partial charge is 0.191 e. The van der Waals surface area contributed by atoms with E-state index < -0.39 is 0 Å². The largest absolute Gasteiger partial charge is 0.377 e. The number of aryl methyl sites for hydroxylation is 2. The summed E-state index contributed by atoms with van der Waals surface area (Å²) >= 11 is 0. The molecule has 1 saturated heterocycles. The van der Waals surface area contributed by atoms with Gasteiger partial charge in [-0.15, -0.1) is 24.0 Å². The van der Waals surface area contributed by atoms with Crippen LogP contribution in [0.4, 0.5) is 0 Å². The molecular weight excluding hydrogens is 467 g/mol. The number of rotatable bonds is 4. The van der Waals surface area contributed by atoms with E-state index in [-0.39, 0.29) is 41.5 Å². The number of hydrogen-bond donors (Lipinski definition) is 2. The van der Waals surface area contributed by atoms with Crippen molar-refractivity contribution in [2.45, 2.75) is 79.0 Å². The van der Waals surface area contributed by atoms with E-state index in [1.165, 1.54) is 6.42 Å². The predicted molar refractivity (Wildman–Crippen MR) is 123 cm³/mol. The lowest BCUT2D eigenvalue weighted by atomic mass is 9.78. The first-order chi connectivity index (χ1) is 12.9. The number of guanidine groups is 1. The second kappa shape index (κ2) is 10.2. The van der Waals surface area contributed by atoms with Crippen LogP contribution < -0.4 is 10.6 Å². The molecule has 28 heavy (non-hydrogen) atoms. The molecule has 1 aromatic rings. The van der Waals surface area contributed by atoms with Crippen LogP contribution in [0.1, 0.15) is 71.1 Å². The molecule has 3 rings (SSSR count). The third-order valence-corrected chi connectivity index (χ3v) is 5.42. The van der Waals surface area contributed by atoms with Gasteiger partial charge in [0.2, 0.25) is 0 Å². The first kappa shape index (κ1) is 23.4. The summed E-state index contributed by atoms with van der Waals surface area (Å²) in [5.74, 6) is 3.20. The highest BCUT2D eigenvalue weighted by Crippen LogP contribution is 2.34. The van der Waals surface area contributed by atoms with Crippen LogP contribution in [0.3, 0.4) is 0 Å². The van der Waals surface area contributed by atoms with E-state index in [9.17, 15) is 0 Å². The molecule has 3 unspecified atom stereocenters. The van der Waals surface area contributed by atoms with Crippen LogP contribution in [-0.4, -0.2) is 46.5 Å². The molecule has 1 fully saturated rings. The fraction of sp³-hybridized carbons (Fsp3) is 0.850. The second-order valence-electron chi connectivity index (χ2n) is 8.86. The molecule has 3 heterocycles. The maximum absolute atomic E-state index is 6.11. The van der Waals surface area contributed by atoms with Crippen LogP contribution in [0.5, 0.6) is 0 Å². The van der Waals surface area contributed by atoms with Crippen molar-refractivity contribution in [3.05, 3.63) is 11.6 Å². The van der Waals surface area contributed by atoms with Crippen molar-refractivity contribution < 1.29 is 4.74 Å². The summed E-state index contributed by atoms with van der Waals surface area (Å²) in [6.45, 7) is 14.3. The van der Waals surface area contributed by atoms with Crippen molar-refractivity contribution in [2.75, 3.05) is 19.7 Å². The van der Waals surface area contributed by atoms with Crippen LogP contribution >= 0.6 is 24.0 Å². The zero-order chi connectivity index (χ0) is 19.4. The van der Waals surface area contributed by atoms with Gasteiger partial charge in [-0.3, -0.25) is 4.99 Å². The lowest BCUT2D eigenvalue weighted by Crippen LogP contribution is -2.44. The molecule has 0 aromatic carbocycles. The highest BCUT2D eigenvalue weighted by molar-refractivity contribution is 14.0. The molecule has 8 heteroatoms. The number of fused-ring (bicyclic) bond motifs is 1. The van der Waals surface area contributed by atoms with Gasteiger partial charge in [0.25, 0.3) is 0 Å². The quantitative estimate of drug-likeness (QED) is 0.373. The zero-order valence-corrected chi connectivity index (χ0v) is 20.3. The Hall–Kier alpha value is -0.900. The predicted octanol–water partition coefficient (Wildman–Crippen LogP) is 3.44. The highest BCUT2D eigenvalue weighted by Gasteiger charge is 2.35. The van der Waals surface area contributed by atoms with E-state index in [2.05, 4.69) is 48.4 Å². The molecule has 160 valence electrons. The van der Waals surface area contributed by atoms with Crippen molar-refractivity contribution in [2.24, 2.45) is 16.3 Å². The Morgan fingerprint density at radius 3 is 2.79 bits per heavy atom. The minimum atomic E-state index is 0. The molecule has 0 radical (unpaired) electrons. The Labute approximate surface area is 186 Å². The van der Waals surface area contributed by atoms with Crippen LogP contribution in [-0.2, 0) is 11.3 Å². The average Bonchev–Trinajstić information content (AvgIpc) is 3.00. The van der Waals surface area contributed by atoms with E-state index in [0.29, 0.717) is 5.92 Å². The minimum Gasteiger partial charge on any atom is -0.377 e. The Kier molecular flexibility index (Phi) is 8.54. The van der Waals surface area contributed by atoms with Gasteiger partial charge in [0.1, 0.15) is 11.6 Å². The zero-order valence-electron chi connectivity index (χ0n) is 18.0. The van der Waals surface area contributed by atoms with E-state index in [1.807, 2.05) is 11.6 Å². The summed E-state index contributed by atoms with van der Waals surface area (Å²) in [5.41, 5.74) is 0.143. The molecule has 7 nitrogen and oxygen atoms in total. The number of aromatic nitrogens is 3. The molecule has 0 spiro atoms. The molecule has 1 aromatic heterocycles. The van der Waals surface area contributed by atoms with Gasteiger partial charge in [-0.05, 0) is 44.9 Å². The van der Waals surface area contributed by atoms with E-state index in [0.717, 1.165) is 63.1 Å². The lowest BCUT2D eigenvalue weighted by Gasteiger charge is -2.39. The van der Waals surface area contributed by atoms with Crippen molar-refractivity contribution >= 4 is 29.9 Å². The average molecular weight is 504 g/mol. The maximum Gasteiger partial charge on any atom is 0.191 e. The Balaban J connectivity index is 0.00000280. The number of hydrogen-bond acceptors (Lipinski definition) is 4. The molecule has 0 aliphatic carbocycles. The Morgan fingerprint density at radius 1 is 1.29 bits per heavy atom. The van der Waals surface area contributed by atoms with Gasteiger partial charge < -0.3 is 15.4 Å². The Morgan fingerprint density at radius 2 is 2.07 bits per heavy atom. The molecule has 2 N–H and O–H groups in total. The first-order valence-electron chi connectivity index (χ1n) is 10.5. The molecule has 3 atom stereocenters. The standard InChI is InChI=1S/C20H36N6O.HI/c1-6-21-19(22-13-15-9-8-12-27-17(15)20(3,4)5)24-16-10-7-11-26-18(16)23-14(2)25-26;/h15-17H,6-13H2,1-5H3,(H2,21,22,24);1H. The van der Waals surface area contributed by atoms with Crippen molar-refractivity contribution in [1.82, 2.24) is 25.4 Å². The number of ether oxygens (including phenoxy) is 1. The third-order valence-electron chi connectivity index (χ3n) is 5.42. The molecule has 2 aliphatic heterocycles. The van der Waals surface area contributed by atoms with Crippen LogP contribution in [0.15, 0.2) is 4.99 Å². The molecular formula is C20H37IN6O. The minimum absolute atomic E-state index is 0. The van der Waals surface area contributed by atoms with Gasteiger partial charge in [0.05, 0.1) is 12.1 Å². The van der Waals surface area contributed by atoms with Crippen molar-refractivity contribution in [3.8, 4) is 0 Å². The Bertz CT molecular complexity index is 654. The number of halogens is 1. The van der Waals surface area contributed by atoms with E-state index >= 15 is 0 Å². The molecule has 2 aliphatic rings. The summed E-state index contributed by atoms with van der Waals surface area (Å²) in [6, 6.07) is 0.166. The topological polar surface area (TPSA) is 76.4 Å². The summed E-state index contributed by atoms with van der Waals surface area (Å²) in [5, 5.41) is 11.5. The fourth-order valence-corrected chi connectivity index (χ4v) is 4.29. The van der Waals surface area contributed by atoms with Gasteiger partial charge in [-0.25, -0.2) is 9.67 Å². The monoisotopic (exact) mass is 504 g/mol. The first-order valence-corrected chi connectivity index (χ1v) is 10.5. The molecule has 0 bridgehead atoms. The SMILES string of the molecule is CCNC(=NCC1CCCOC1C(C)(C)C)NC1CCCn2nc(C)nc21.I. The number of aliphatic imine (C=N–C) groups is 1. The van der Waals surface area contributed by atoms with Gasteiger partial charge in [0, 0.05) is 32.2 Å². The molecule has 0 saturated carbocycles. The summed E-state index contributed by atoms with van der Waals surface area (Å²) < 4.78 is 8.15. The fourth-order valence-electron chi connectivity index (χ4n) is 4.29. The van der Waals surface area contributed by atoms with Crippen LogP contribution in [0.2, 0.25) is 0 Å². The van der Waals surface area contributed by atoms with Crippen LogP contribution in [0.25, 0.3) is 0 Å². The number of nitrogens with one attached hydrogen (secondary N) is 2. The maximum atomic E-state index is 6.11. The van der Waals surface area contributed by atoms with Crippen LogP contribution in [0, 0.1) is 18.3 Å². The van der Waals surface area contributed by atoms with Gasteiger partial charge in [-0.2, -0.15) is 5.10 Å². The second-order valence-corrected chi connectivity index (χ2v) is 8.86. The van der Waals surface area contributed by atoms with Gasteiger partial charge >= 0.3 is 0 Å². The van der Waals surface area contributed by atoms with Gasteiger partial charge in [-0.1, -0.05) is 20.8 Å². The van der Waals surface area contributed by atoms with Crippen molar-refractivity contribution in [3.63, 3.8) is 0 Å². The summed E-state index contributed by atoms with van der Waals surface area (Å²) in [7, 11) is 0. The number of nitrogens with zero attached hydrogens (tertiary/aromatic N) is 4. The lowest BCUT2D eigenvalue weighted by molar-refractivity contribution is -0.0823. The summed E-state index contributed by atoms with van der Waals surface area (Å²) in [4.78, 5) is 9.56. The third kappa shape index (κ3) is 5.81. The van der Waals surface area contributed by atoms with Gasteiger partial charge in [0.15, 0.2) is 5.96 Å². The highest BCUT2D eigenvalue weighted by atomic mass is 127. The van der Waals surface area contributed by atoms with E-state index in [4.69, 9.17) is 9.73 Å². The normalized spacial score (nSPS) is 25.6. The molecule has 0 amide bonds. The van der Waals surface area contributed by atoms with E-state index in [1.54, 1.807) is 0 Å².